The van der Waals surface area contributed by atoms with Crippen molar-refractivity contribution in [2.45, 2.75) is 26.5 Å². The fourth-order valence-corrected chi connectivity index (χ4v) is 4.11. The summed E-state index contributed by atoms with van der Waals surface area (Å²) in [5.41, 5.74) is 0.881. The first-order chi connectivity index (χ1) is 11.6. The summed E-state index contributed by atoms with van der Waals surface area (Å²) in [6.45, 7) is 6.65. The quantitative estimate of drug-likeness (QED) is 0.866. The number of carbonyl (C=O) groups excluding carboxylic acids is 1. The molecule has 1 N–H and O–H groups in total. The molecule has 3 heterocycles. The molecule has 25 heavy (non-hydrogen) atoms. The van der Waals surface area contributed by atoms with Crippen molar-refractivity contribution in [3.63, 3.8) is 0 Å². The maximum Gasteiger partial charge on any atom is 0.264 e. The molecule has 1 aliphatic heterocycles. The topological polar surface area (TPSA) is 76.6 Å². The van der Waals surface area contributed by atoms with Crippen LogP contribution in [0.3, 0.4) is 0 Å². The van der Waals surface area contributed by atoms with Gasteiger partial charge in [0.15, 0.2) is 5.82 Å². The van der Waals surface area contributed by atoms with Crippen LogP contribution in [-0.4, -0.2) is 60.7 Å². The van der Waals surface area contributed by atoms with Gasteiger partial charge in [0.2, 0.25) is 5.88 Å². The second kappa shape index (κ2) is 8.27. The number of ether oxygens (including phenoxy) is 2. The summed E-state index contributed by atoms with van der Waals surface area (Å²) >= 11 is 1.40. The first-order valence-electron chi connectivity index (χ1n) is 7.91. The third kappa shape index (κ3) is 3.72. The zero-order chi connectivity index (χ0) is 17.3. The van der Waals surface area contributed by atoms with Crippen LogP contribution < -0.4 is 10.1 Å². The summed E-state index contributed by atoms with van der Waals surface area (Å²) in [6.07, 6.45) is 0. The molecule has 2 aromatic heterocycles. The summed E-state index contributed by atoms with van der Waals surface area (Å²) in [5.74, 6) is 1.10. The van der Waals surface area contributed by atoms with Crippen LogP contribution in [0, 0.1) is 6.92 Å². The van der Waals surface area contributed by atoms with Gasteiger partial charge in [-0.05, 0) is 19.4 Å². The molecule has 0 saturated carbocycles. The van der Waals surface area contributed by atoms with E-state index in [1.54, 1.807) is 14.2 Å². The minimum Gasteiger partial charge on any atom is -0.480 e. The van der Waals surface area contributed by atoms with Gasteiger partial charge in [0, 0.05) is 32.8 Å². The zero-order valence-corrected chi connectivity index (χ0v) is 16.4. The zero-order valence-electron chi connectivity index (χ0n) is 14.8. The molecule has 3 rings (SSSR count). The molecule has 0 bridgehead atoms. The summed E-state index contributed by atoms with van der Waals surface area (Å²) < 4.78 is 10.5. The molecule has 1 aliphatic rings. The molecular weight excluding hydrogens is 364 g/mol. The van der Waals surface area contributed by atoms with E-state index in [9.17, 15) is 4.79 Å². The molecule has 7 nitrogen and oxygen atoms in total. The highest BCUT2D eigenvalue weighted by Crippen LogP contribution is 2.36. The van der Waals surface area contributed by atoms with E-state index in [4.69, 9.17) is 9.47 Å². The Kier molecular flexibility index (Phi) is 6.56. The van der Waals surface area contributed by atoms with E-state index >= 15 is 0 Å². The van der Waals surface area contributed by atoms with Crippen LogP contribution >= 0.6 is 23.7 Å². The molecule has 2 aromatic rings. The Morgan fingerprint density at radius 1 is 1.40 bits per heavy atom. The molecule has 9 heteroatoms. The number of methoxy groups -OCH3 is 2. The van der Waals surface area contributed by atoms with Crippen LogP contribution in [0.15, 0.2) is 0 Å². The molecule has 1 fully saturated rings. The van der Waals surface area contributed by atoms with Crippen molar-refractivity contribution in [3.8, 4) is 5.88 Å². The van der Waals surface area contributed by atoms with Crippen molar-refractivity contribution >= 4 is 39.9 Å². The Hall–Kier alpha value is -1.48. The molecular formula is C16H23ClN4O3S. The maximum absolute atomic E-state index is 13.0. The highest BCUT2D eigenvalue weighted by molar-refractivity contribution is 7.20. The lowest BCUT2D eigenvalue weighted by Gasteiger charge is -2.33. The number of carbonyl (C=O) groups is 1. The number of amides is 1. The molecule has 0 aromatic carbocycles. The number of halogens is 1. The van der Waals surface area contributed by atoms with E-state index in [2.05, 4.69) is 22.2 Å². The lowest BCUT2D eigenvalue weighted by Crippen LogP contribution is -2.52. The summed E-state index contributed by atoms with van der Waals surface area (Å²) in [4.78, 5) is 25.3. The molecule has 0 aliphatic carbocycles. The van der Waals surface area contributed by atoms with Gasteiger partial charge in [-0.2, -0.15) is 4.98 Å². The van der Waals surface area contributed by atoms with Crippen molar-refractivity contribution < 1.29 is 14.3 Å². The molecule has 1 amide bonds. The first-order valence-corrected chi connectivity index (χ1v) is 8.73. The second-order valence-electron chi connectivity index (χ2n) is 5.87. The van der Waals surface area contributed by atoms with Crippen molar-refractivity contribution in [2.24, 2.45) is 0 Å². The Morgan fingerprint density at radius 2 is 2.16 bits per heavy atom. The lowest BCUT2D eigenvalue weighted by atomic mass is 10.1. The van der Waals surface area contributed by atoms with Gasteiger partial charge in [0.25, 0.3) is 5.91 Å². The van der Waals surface area contributed by atoms with E-state index in [-0.39, 0.29) is 24.4 Å². The monoisotopic (exact) mass is 386 g/mol. The minimum atomic E-state index is 0. The highest BCUT2D eigenvalue weighted by Gasteiger charge is 2.28. The van der Waals surface area contributed by atoms with E-state index in [0.29, 0.717) is 29.7 Å². The Morgan fingerprint density at radius 3 is 2.80 bits per heavy atom. The number of rotatable bonds is 4. The van der Waals surface area contributed by atoms with Crippen LogP contribution in [-0.2, 0) is 11.3 Å². The molecule has 1 saturated heterocycles. The summed E-state index contributed by atoms with van der Waals surface area (Å²) in [6, 6.07) is 0.174. The fraction of sp³-hybridized carbons (Fsp3) is 0.562. The number of fused-ring (bicyclic) bond motifs is 1. The number of nitrogens with one attached hydrogen (secondary N) is 1. The van der Waals surface area contributed by atoms with E-state index < -0.39 is 0 Å². The smallest absolute Gasteiger partial charge is 0.264 e. The van der Waals surface area contributed by atoms with Gasteiger partial charge in [-0.3, -0.25) is 4.79 Å². The molecule has 0 spiro atoms. The summed E-state index contributed by atoms with van der Waals surface area (Å²) in [5, 5.41) is 4.12. The van der Waals surface area contributed by atoms with Gasteiger partial charge in [-0.15, -0.1) is 23.7 Å². The second-order valence-corrected chi connectivity index (χ2v) is 6.87. The molecule has 0 radical (unpaired) electrons. The Bertz CT molecular complexity index is 767. The van der Waals surface area contributed by atoms with Gasteiger partial charge < -0.3 is 19.7 Å². The number of aryl methyl sites for hydroxylation is 1. The SMILES string of the molecule is COCc1nc(OC)c2c(C)c(C(=O)N3CCNCC3C)sc2n1.Cl. The number of nitrogens with zero attached hydrogens (tertiary/aromatic N) is 3. The van der Waals surface area contributed by atoms with Gasteiger partial charge in [0.05, 0.1) is 17.4 Å². The average molecular weight is 387 g/mol. The fourth-order valence-electron chi connectivity index (χ4n) is 2.96. The van der Waals surface area contributed by atoms with Crippen molar-refractivity contribution in [2.75, 3.05) is 33.9 Å². The highest BCUT2D eigenvalue weighted by atomic mass is 35.5. The standard InChI is InChI=1S/C16H22N4O3S.ClH/c1-9-7-17-5-6-20(9)16(21)13-10(2)12-14(23-4)18-11(8-22-3)19-15(12)24-13;/h9,17H,5-8H2,1-4H3;1H. The first kappa shape index (κ1) is 19.8. The Balaban J connectivity index is 0.00000225. The van der Waals surface area contributed by atoms with Gasteiger partial charge in [-0.25, -0.2) is 4.98 Å². The van der Waals surface area contributed by atoms with E-state index in [0.717, 1.165) is 28.9 Å². The van der Waals surface area contributed by atoms with Crippen LogP contribution in [0.25, 0.3) is 10.2 Å². The largest absolute Gasteiger partial charge is 0.480 e. The van der Waals surface area contributed by atoms with Crippen LogP contribution in [0.1, 0.15) is 28.0 Å². The number of piperazine rings is 1. The lowest BCUT2D eigenvalue weighted by molar-refractivity contribution is 0.0660. The number of thiophene rings is 1. The van der Waals surface area contributed by atoms with Gasteiger partial charge in [0.1, 0.15) is 11.4 Å². The van der Waals surface area contributed by atoms with Crippen LogP contribution in [0.2, 0.25) is 0 Å². The predicted molar refractivity (Wildman–Crippen MR) is 100 cm³/mol. The molecule has 1 atom stereocenters. The molecule has 1 unspecified atom stereocenters. The summed E-state index contributed by atoms with van der Waals surface area (Å²) in [7, 11) is 3.18. The number of hydrogen-bond donors (Lipinski definition) is 1. The normalized spacial score (nSPS) is 17.4. The van der Waals surface area contributed by atoms with Crippen LogP contribution in [0.5, 0.6) is 5.88 Å². The maximum atomic E-state index is 13.0. The van der Waals surface area contributed by atoms with Crippen molar-refractivity contribution in [1.82, 2.24) is 20.2 Å². The number of hydrogen-bond acceptors (Lipinski definition) is 7. The third-order valence-electron chi connectivity index (χ3n) is 4.23. The third-order valence-corrected chi connectivity index (χ3v) is 5.40. The van der Waals surface area contributed by atoms with Crippen molar-refractivity contribution in [1.29, 1.82) is 0 Å². The average Bonchev–Trinajstić information content (AvgIpc) is 2.91. The number of aromatic nitrogens is 2. The van der Waals surface area contributed by atoms with Crippen molar-refractivity contribution in [3.05, 3.63) is 16.3 Å². The Labute approximate surface area is 157 Å². The van der Waals surface area contributed by atoms with E-state index in [1.165, 1.54) is 11.3 Å². The van der Waals surface area contributed by atoms with Gasteiger partial charge in [-0.1, -0.05) is 0 Å². The predicted octanol–water partition coefficient (Wildman–Crippen LogP) is 2.01. The molecule has 138 valence electrons. The van der Waals surface area contributed by atoms with E-state index in [1.807, 2.05) is 11.8 Å². The van der Waals surface area contributed by atoms with Crippen LogP contribution in [0.4, 0.5) is 0 Å². The minimum absolute atomic E-state index is 0. The van der Waals surface area contributed by atoms with Gasteiger partial charge >= 0.3 is 0 Å².